The maximum absolute atomic E-state index is 12.7. The van der Waals surface area contributed by atoms with Crippen LogP contribution in [0.4, 0.5) is 5.69 Å². The summed E-state index contributed by atoms with van der Waals surface area (Å²) in [7, 11) is -2.19. The van der Waals surface area contributed by atoms with Crippen molar-refractivity contribution >= 4 is 33.4 Å². The highest BCUT2D eigenvalue weighted by Gasteiger charge is 2.35. The van der Waals surface area contributed by atoms with Gasteiger partial charge in [0.15, 0.2) is 0 Å². The van der Waals surface area contributed by atoms with E-state index in [1.54, 1.807) is 12.1 Å². The minimum Gasteiger partial charge on any atom is -0.321 e. The van der Waals surface area contributed by atoms with Gasteiger partial charge in [-0.25, -0.2) is 8.42 Å². The van der Waals surface area contributed by atoms with E-state index < -0.39 is 27.7 Å². The fourth-order valence-electron chi connectivity index (χ4n) is 3.73. The number of nitrogens with one attached hydrogen (secondary N) is 1. The molecule has 0 aliphatic carbocycles. The van der Waals surface area contributed by atoms with Gasteiger partial charge in [0.1, 0.15) is 0 Å². The number of amides is 3. The van der Waals surface area contributed by atoms with Crippen molar-refractivity contribution in [2.24, 2.45) is 0 Å². The topological polar surface area (TPSA) is 104 Å². The second-order valence-corrected chi connectivity index (χ2v) is 9.28. The third-order valence-electron chi connectivity index (χ3n) is 5.44. The first-order valence-electron chi connectivity index (χ1n) is 9.67. The van der Waals surface area contributed by atoms with Gasteiger partial charge in [0.2, 0.25) is 10.0 Å². The number of carbonyl (C=O) groups excluding carboxylic acids is 3. The Labute approximate surface area is 174 Å². The zero-order valence-corrected chi connectivity index (χ0v) is 17.2. The van der Waals surface area contributed by atoms with E-state index >= 15 is 0 Å². The molecule has 4 rings (SSSR count). The second-order valence-electron chi connectivity index (χ2n) is 7.34. The molecule has 1 fully saturated rings. The van der Waals surface area contributed by atoms with E-state index in [9.17, 15) is 22.8 Å². The number of rotatable bonds is 4. The van der Waals surface area contributed by atoms with Gasteiger partial charge in [-0.3, -0.25) is 19.3 Å². The molecule has 156 valence electrons. The Hall–Kier alpha value is -3.04. The van der Waals surface area contributed by atoms with Crippen molar-refractivity contribution < 1.29 is 22.8 Å². The minimum absolute atomic E-state index is 0.143. The number of imide groups is 1. The average Bonchev–Trinajstić information content (AvgIpc) is 2.99. The maximum atomic E-state index is 12.7. The fraction of sp³-hybridized carbons (Fsp3) is 0.286. The third-order valence-corrected chi connectivity index (χ3v) is 7.35. The van der Waals surface area contributed by atoms with Crippen molar-refractivity contribution in [3.63, 3.8) is 0 Å². The zero-order chi connectivity index (χ0) is 21.5. The molecule has 1 saturated heterocycles. The van der Waals surface area contributed by atoms with Crippen molar-refractivity contribution in [3.8, 4) is 0 Å². The van der Waals surface area contributed by atoms with Gasteiger partial charge in [-0.1, -0.05) is 12.5 Å². The lowest BCUT2D eigenvalue weighted by molar-refractivity contribution is 0.0693. The fourth-order valence-corrected chi connectivity index (χ4v) is 5.25. The number of piperidine rings is 1. The molecule has 0 atom stereocenters. The second kappa shape index (κ2) is 7.66. The van der Waals surface area contributed by atoms with Gasteiger partial charge in [0, 0.05) is 25.7 Å². The Bertz CT molecular complexity index is 1140. The largest absolute Gasteiger partial charge is 0.321 e. The monoisotopic (exact) mass is 427 g/mol. The maximum Gasteiger partial charge on any atom is 0.263 e. The quantitative estimate of drug-likeness (QED) is 0.755. The number of anilines is 1. The summed E-state index contributed by atoms with van der Waals surface area (Å²) in [5.41, 5.74) is 0.881. The van der Waals surface area contributed by atoms with Crippen molar-refractivity contribution in [2.45, 2.75) is 24.2 Å². The summed E-state index contributed by atoms with van der Waals surface area (Å²) in [5.74, 6) is -1.40. The van der Waals surface area contributed by atoms with Gasteiger partial charge in [0.05, 0.1) is 21.7 Å². The summed E-state index contributed by atoms with van der Waals surface area (Å²) >= 11 is 0. The molecule has 8 nitrogen and oxygen atoms in total. The summed E-state index contributed by atoms with van der Waals surface area (Å²) in [6.45, 7) is 1.01. The summed E-state index contributed by atoms with van der Waals surface area (Å²) < 4.78 is 26.9. The van der Waals surface area contributed by atoms with E-state index in [0.29, 0.717) is 13.1 Å². The molecule has 0 spiro atoms. The van der Waals surface area contributed by atoms with E-state index in [4.69, 9.17) is 0 Å². The number of nitrogens with zero attached hydrogens (tertiary/aromatic N) is 2. The number of hydrogen-bond acceptors (Lipinski definition) is 5. The molecular weight excluding hydrogens is 406 g/mol. The van der Waals surface area contributed by atoms with E-state index in [2.05, 4.69) is 5.32 Å². The zero-order valence-electron chi connectivity index (χ0n) is 16.4. The molecule has 9 heteroatoms. The Balaban J connectivity index is 1.55. The van der Waals surface area contributed by atoms with Crippen LogP contribution in [0, 0.1) is 0 Å². The first kappa shape index (κ1) is 20.2. The van der Waals surface area contributed by atoms with Gasteiger partial charge < -0.3 is 5.32 Å². The Kier molecular flexibility index (Phi) is 5.17. The smallest absolute Gasteiger partial charge is 0.263 e. The highest BCUT2D eigenvalue weighted by Crippen LogP contribution is 2.29. The van der Waals surface area contributed by atoms with Crippen molar-refractivity contribution in [1.29, 1.82) is 0 Å². The molecular formula is C21H21N3O5S. The predicted octanol–water partition coefficient (Wildman–Crippen LogP) is 2.34. The molecule has 0 unspecified atom stereocenters. The normalized spacial score (nSPS) is 17.2. The number of hydrogen-bond donors (Lipinski definition) is 1. The van der Waals surface area contributed by atoms with Crippen molar-refractivity contribution in [2.75, 3.05) is 25.5 Å². The predicted molar refractivity (Wildman–Crippen MR) is 110 cm³/mol. The minimum atomic E-state index is -3.58. The van der Waals surface area contributed by atoms with Gasteiger partial charge in [0.25, 0.3) is 17.7 Å². The SMILES string of the molecule is CN1C(=O)c2cccc(NC(=O)c3ccc(S(=O)(=O)N4CCCCC4)cc3)c2C1=O. The number of benzene rings is 2. The van der Waals surface area contributed by atoms with E-state index in [1.807, 2.05) is 0 Å². The first-order chi connectivity index (χ1) is 14.3. The Morgan fingerprint density at radius 2 is 1.60 bits per heavy atom. The Morgan fingerprint density at radius 3 is 2.27 bits per heavy atom. The van der Waals surface area contributed by atoms with Gasteiger partial charge in [-0.2, -0.15) is 4.31 Å². The highest BCUT2D eigenvalue weighted by atomic mass is 32.2. The molecule has 0 aromatic heterocycles. The summed E-state index contributed by atoms with van der Waals surface area (Å²) in [4.78, 5) is 38.3. The van der Waals surface area contributed by atoms with Crippen LogP contribution in [0.3, 0.4) is 0 Å². The molecule has 2 heterocycles. The lowest BCUT2D eigenvalue weighted by Gasteiger charge is -2.25. The van der Waals surface area contributed by atoms with Crippen LogP contribution >= 0.6 is 0 Å². The van der Waals surface area contributed by atoms with Crippen LogP contribution in [0.2, 0.25) is 0 Å². The molecule has 30 heavy (non-hydrogen) atoms. The first-order valence-corrected chi connectivity index (χ1v) is 11.1. The van der Waals surface area contributed by atoms with Crippen LogP contribution in [0.5, 0.6) is 0 Å². The van der Waals surface area contributed by atoms with Crippen LogP contribution in [0.15, 0.2) is 47.4 Å². The molecule has 2 aliphatic heterocycles. The molecule has 2 aromatic rings. The standard InChI is InChI=1S/C21H21N3O5S/c1-23-20(26)16-6-5-7-17(18(16)21(23)27)22-19(25)14-8-10-15(11-9-14)30(28,29)24-12-3-2-4-13-24/h5-11H,2-4,12-13H2,1H3,(H,22,25). The number of carbonyl (C=O) groups is 3. The Morgan fingerprint density at radius 1 is 0.933 bits per heavy atom. The molecule has 2 aliphatic rings. The van der Waals surface area contributed by atoms with Crippen LogP contribution < -0.4 is 5.32 Å². The average molecular weight is 427 g/mol. The molecule has 0 saturated carbocycles. The molecule has 3 amide bonds. The lowest BCUT2D eigenvalue weighted by Crippen LogP contribution is -2.35. The van der Waals surface area contributed by atoms with Gasteiger partial charge in [-0.05, 0) is 49.2 Å². The summed E-state index contributed by atoms with van der Waals surface area (Å²) in [5, 5.41) is 2.65. The third kappa shape index (κ3) is 3.40. The van der Waals surface area contributed by atoms with Crippen LogP contribution in [-0.4, -0.2) is 55.5 Å². The number of sulfonamides is 1. The molecule has 2 aromatic carbocycles. The van der Waals surface area contributed by atoms with Gasteiger partial charge in [-0.15, -0.1) is 0 Å². The highest BCUT2D eigenvalue weighted by molar-refractivity contribution is 7.89. The molecule has 0 radical (unpaired) electrons. The van der Waals surface area contributed by atoms with Crippen molar-refractivity contribution in [1.82, 2.24) is 9.21 Å². The number of fused-ring (bicyclic) bond motifs is 1. The van der Waals surface area contributed by atoms with E-state index in [0.717, 1.165) is 24.2 Å². The summed E-state index contributed by atoms with van der Waals surface area (Å²) in [6.07, 6.45) is 2.72. The van der Waals surface area contributed by atoms with E-state index in [-0.39, 0.29) is 27.3 Å². The van der Waals surface area contributed by atoms with E-state index in [1.165, 1.54) is 41.7 Å². The van der Waals surface area contributed by atoms with Crippen LogP contribution in [0.25, 0.3) is 0 Å². The van der Waals surface area contributed by atoms with Crippen molar-refractivity contribution in [3.05, 3.63) is 59.2 Å². The van der Waals surface area contributed by atoms with Crippen LogP contribution in [-0.2, 0) is 10.0 Å². The lowest BCUT2D eigenvalue weighted by atomic mass is 10.1. The van der Waals surface area contributed by atoms with Crippen LogP contribution in [0.1, 0.15) is 50.3 Å². The molecule has 1 N–H and O–H groups in total. The summed E-state index contributed by atoms with van der Waals surface area (Å²) in [6, 6.07) is 10.4. The van der Waals surface area contributed by atoms with Gasteiger partial charge >= 0.3 is 0 Å². The molecule has 0 bridgehead atoms.